The summed E-state index contributed by atoms with van der Waals surface area (Å²) in [5.41, 5.74) is -0.814. The minimum absolute atomic E-state index is 0.0720. The van der Waals surface area contributed by atoms with Crippen molar-refractivity contribution in [3.63, 3.8) is 0 Å². The van der Waals surface area contributed by atoms with Gasteiger partial charge in [0.15, 0.2) is 0 Å². The highest BCUT2D eigenvalue weighted by molar-refractivity contribution is 5.80. The number of hydrogen-bond donors (Lipinski definition) is 2. The van der Waals surface area contributed by atoms with Crippen molar-refractivity contribution < 1.29 is 18.0 Å². The number of rotatable bonds is 4. The van der Waals surface area contributed by atoms with Crippen LogP contribution in [0.1, 0.15) is 5.56 Å². The molecule has 1 aromatic rings. The molecule has 1 rings (SSSR count). The molecule has 19 heavy (non-hydrogen) atoms. The van der Waals surface area contributed by atoms with Crippen LogP contribution in [0.3, 0.4) is 0 Å². The third-order valence-corrected chi connectivity index (χ3v) is 2.45. The van der Waals surface area contributed by atoms with Gasteiger partial charge >= 0.3 is 6.18 Å². The van der Waals surface area contributed by atoms with Gasteiger partial charge in [-0.1, -0.05) is 0 Å². The van der Waals surface area contributed by atoms with E-state index in [4.69, 9.17) is 0 Å². The molecule has 0 fully saturated rings. The van der Waals surface area contributed by atoms with E-state index >= 15 is 0 Å². The molecule has 0 radical (unpaired) electrons. The summed E-state index contributed by atoms with van der Waals surface area (Å²) in [6.07, 6.45) is -4.46. The Kier molecular flexibility index (Phi) is 4.57. The number of carbonyl (C=O) groups excluding carboxylic acids is 1. The molecule has 1 aromatic heterocycles. The normalized spacial score (nSPS) is 11.1. The molecule has 0 saturated carbocycles. The van der Waals surface area contributed by atoms with Gasteiger partial charge in [-0.05, 0) is 12.1 Å². The molecule has 2 N–H and O–H groups in total. The van der Waals surface area contributed by atoms with Crippen molar-refractivity contribution in [2.75, 3.05) is 37.9 Å². The Labute approximate surface area is 108 Å². The summed E-state index contributed by atoms with van der Waals surface area (Å²) in [5.74, 6) is -0.149. The molecule has 0 bridgehead atoms. The lowest BCUT2D eigenvalue weighted by Crippen LogP contribution is -2.33. The number of pyridine rings is 1. The van der Waals surface area contributed by atoms with E-state index in [0.29, 0.717) is 0 Å². The van der Waals surface area contributed by atoms with Gasteiger partial charge < -0.3 is 15.5 Å². The second kappa shape index (κ2) is 5.77. The lowest BCUT2D eigenvalue weighted by Gasteiger charge is -2.19. The summed E-state index contributed by atoms with van der Waals surface area (Å²) in [6.45, 7) is -0.0754. The fraction of sp³-hybridized carbons (Fsp3) is 0.455. The van der Waals surface area contributed by atoms with Crippen LogP contribution < -0.4 is 15.5 Å². The van der Waals surface area contributed by atoms with Gasteiger partial charge in [-0.15, -0.1) is 0 Å². The van der Waals surface area contributed by atoms with Crippen LogP contribution >= 0.6 is 0 Å². The monoisotopic (exact) mass is 276 g/mol. The molecule has 0 aliphatic carbocycles. The first-order chi connectivity index (χ1) is 8.77. The number of aromatic nitrogens is 1. The van der Waals surface area contributed by atoms with Gasteiger partial charge in [0.1, 0.15) is 11.6 Å². The number of halogens is 3. The summed E-state index contributed by atoms with van der Waals surface area (Å²) in [4.78, 5) is 16.5. The Bertz CT molecular complexity index is 462. The Morgan fingerprint density at radius 1 is 1.37 bits per heavy atom. The Balaban J connectivity index is 3.09. The Morgan fingerprint density at radius 3 is 2.47 bits per heavy atom. The molecule has 106 valence electrons. The van der Waals surface area contributed by atoms with Crippen molar-refractivity contribution in [3.8, 4) is 0 Å². The van der Waals surface area contributed by atoms with Crippen LogP contribution in [0.15, 0.2) is 12.1 Å². The largest absolute Gasteiger partial charge is 0.416 e. The molecule has 1 heterocycles. The van der Waals surface area contributed by atoms with Crippen LogP contribution in [0.2, 0.25) is 0 Å². The molecule has 0 aromatic carbocycles. The van der Waals surface area contributed by atoms with E-state index < -0.39 is 11.7 Å². The van der Waals surface area contributed by atoms with Gasteiger partial charge in [0.2, 0.25) is 5.91 Å². The van der Waals surface area contributed by atoms with Gasteiger partial charge in [0, 0.05) is 21.1 Å². The zero-order valence-corrected chi connectivity index (χ0v) is 10.8. The number of nitrogens with one attached hydrogen (secondary N) is 2. The van der Waals surface area contributed by atoms with E-state index in [1.54, 1.807) is 0 Å². The molecule has 0 aliphatic rings. The molecular formula is C11H15F3N4O. The van der Waals surface area contributed by atoms with E-state index in [1.807, 2.05) is 0 Å². The number of likely N-dealkylation sites (N-methyl/N-ethyl adjacent to an activating group) is 2. The maximum atomic E-state index is 12.7. The van der Waals surface area contributed by atoms with Gasteiger partial charge in [-0.2, -0.15) is 13.2 Å². The summed E-state index contributed by atoms with van der Waals surface area (Å²) < 4.78 is 38.2. The summed E-state index contributed by atoms with van der Waals surface area (Å²) in [7, 11) is 4.43. The highest BCUT2D eigenvalue weighted by Crippen LogP contribution is 2.32. The quantitative estimate of drug-likeness (QED) is 0.871. The summed E-state index contributed by atoms with van der Waals surface area (Å²) >= 11 is 0. The number of hydrogen-bond acceptors (Lipinski definition) is 4. The first-order valence-corrected chi connectivity index (χ1v) is 5.46. The standard InChI is InChI=1S/C11H15F3N4O/c1-15-8-4-7(11(12,13)14)5-9(17-8)18(3)6-10(19)16-2/h4-5H,6H2,1-3H3,(H,15,17)(H,16,19). The number of alkyl halides is 3. The topological polar surface area (TPSA) is 57.3 Å². The average molecular weight is 276 g/mol. The van der Waals surface area contributed by atoms with Crippen LogP contribution in [0.5, 0.6) is 0 Å². The molecule has 8 heteroatoms. The molecule has 0 saturated heterocycles. The van der Waals surface area contributed by atoms with Gasteiger partial charge in [0.25, 0.3) is 0 Å². The summed E-state index contributed by atoms with van der Waals surface area (Å²) in [5, 5.41) is 4.96. The van der Waals surface area contributed by atoms with E-state index in [9.17, 15) is 18.0 Å². The Morgan fingerprint density at radius 2 is 2.00 bits per heavy atom. The maximum absolute atomic E-state index is 12.7. The van der Waals surface area contributed by atoms with Gasteiger partial charge in [-0.3, -0.25) is 4.79 Å². The molecule has 5 nitrogen and oxygen atoms in total. The Hall–Kier alpha value is -1.99. The zero-order chi connectivity index (χ0) is 14.6. The fourth-order valence-corrected chi connectivity index (χ4v) is 1.38. The average Bonchev–Trinajstić information content (AvgIpc) is 2.36. The minimum Gasteiger partial charge on any atom is -0.373 e. The predicted molar refractivity (Wildman–Crippen MR) is 66.1 cm³/mol. The van der Waals surface area contributed by atoms with Crippen LogP contribution in [-0.2, 0) is 11.0 Å². The highest BCUT2D eigenvalue weighted by atomic mass is 19.4. The number of nitrogens with zero attached hydrogens (tertiary/aromatic N) is 2. The van der Waals surface area contributed by atoms with E-state index in [-0.39, 0.29) is 24.1 Å². The smallest absolute Gasteiger partial charge is 0.373 e. The van der Waals surface area contributed by atoms with Crippen molar-refractivity contribution >= 4 is 17.5 Å². The highest BCUT2D eigenvalue weighted by Gasteiger charge is 2.32. The van der Waals surface area contributed by atoms with Crippen molar-refractivity contribution in [1.82, 2.24) is 10.3 Å². The van der Waals surface area contributed by atoms with E-state index in [2.05, 4.69) is 15.6 Å². The van der Waals surface area contributed by atoms with Crippen molar-refractivity contribution in [1.29, 1.82) is 0 Å². The zero-order valence-electron chi connectivity index (χ0n) is 10.8. The van der Waals surface area contributed by atoms with Gasteiger partial charge in [-0.25, -0.2) is 4.98 Å². The first kappa shape index (κ1) is 15.1. The van der Waals surface area contributed by atoms with Crippen molar-refractivity contribution in [2.45, 2.75) is 6.18 Å². The summed E-state index contributed by atoms with van der Waals surface area (Å²) in [6, 6.07) is 1.82. The molecule has 0 aliphatic heterocycles. The van der Waals surface area contributed by atoms with Crippen LogP contribution in [0.4, 0.5) is 24.8 Å². The lowest BCUT2D eigenvalue weighted by molar-refractivity contribution is -0.137. The van der Waals surface area contributed by atoms with Crippen molar-refractivity contribution in [3.05, 3.63) is 17.7 Å². The van der Waals surface area contributed by atoms with Crippen LogP contribution in [-0.4, -0.2) is 38.6 Å². The molecule has 0 unspecified atom stereocenters. The minimum atomic E-state index is -4.46. The van der Waals surface area contributed by atoms with Crippen LogP contribution in [0.25, 0.3) is 0 Å². The van der Waals surface area contributed by atoms with Gasteiger partial charge in [0.05, 0.1) is 12.1 Å². The van der Waals surface area contributed by atoms with Crippen molar-refractivity contribution in [2.24, 2.45) is 0 Å². The second-order valence-electron chi connectivity index (χ2n) is 3.88. The lowest BCUT2D eigenvalue weighted by atomic mass is 10.2. The molecule has 0 spiro atoms. The van der Waals surface area contributed by atoms with E-state index in [0.717, 1.165) is 12.1 Å². The first-order valence-electron chi connectivity index (χ1n) is 5.46. The number of carbonyl (C=O) groups is 1. The fourth-order valence-electron chi connectivity index (χ4n) is 1.38. The second-order valence-corrected chi connectivity index (χ2v) is 3.88. The number of anilines is 2. The molecule has 0 atom stereocenters. The SMILES string of the molecule is CNC(=O)CN(C)c1cc(C(F)(F)F)cc(NC)n1. The molecular weight excluding hydrogens is 261 g/mol. The molecule has 1 amide bonds. The van der Waals surface area contributed by atoms with Crippen LogP contribution in [0, 0.1) is 0 Å². The third kappa shape index (κ3) is 4.01. The predicted octanol–water partition coefficient (Wildman–Crippen LogP) is 1.32. The van der Waals surface area contributed by atoms with E-state index in [1.165, 1.54) is 26.0 Å². The third-order valence-electron chi connectivity index (χ3n) is 2.45. The number of amides is 1. The maximum Gasteiger partial charge on any atom is 0.416 e.